The molecule has 3 rings (SSSR count). The predicted octanol–water partition coefficient (Wildman–Crippen LogP) is 3.63. The highest BCUT2D eigenvalue weighted by Gasteiger charge is 2.66. The van der Waals surface area contributed by atoms with Gasteiger partial charge in [-0.15, -0.1) is 0 Å². The molecule has 120 valence electrons. The van der Waals surface area contributed by atoms with E-state index in [9.17, 15) is 19.8 Å². The molecule has 2 bridgehead atoms. The van der Waals surface area contributed by atoms with Gasteiger partial charge in [-0.1, -0.05) is 18.6 Å². The molecule has 0 radical (unpaired) electrons. The minimum atomic E-state index is -0.867. The van der Waals surface area contributed by atoms with E-state index < -0.39 is 11.9 Å². The van der Waals surface area contributed by atoms with Gasteiger partial charge in [-0.2, -0.15) is 0 Å². The lowest BCUT2D eigenvalue weighted by molar-refractivity contribution is -0.133. The molecule has 3 aliphatic rings. The fourth-order valence-electron chi connectivity index (χ4n) is 5.73. The topological polar surface area (TPSA) is 74.6 Å². The Morgan fingerprint density at radius 3 is 2.27 bits per heavy atom. The summed E-state index contributed by atoms with van der Waals surface area (Å²) >= 11 is 0. The van der Waals surface area contributed by atoms with Crippen molar-refractivity contribution < 1.29 is 19.8 Å². The molecule has 4 atom stereocenters. The van der Waals surface area contributed by atoms with Crippen LogP contribution >= 0.6 is 0 Å². The summed E-state index contributed by atoms with van der Waals surface area (Å²) in [6, 6.07) is 0. The second kappa shape index (κ2) is 4.97. The van der Waals surface area contributed by atoms with Crippen molar-refractivity contribution in [2.45, 2.75) is 52.4 Å². The molecule has 0 saturated heterocycles. The lowest BCUT2D eigenvalue weighted by Gasteiger charge is -2.45. The number of hydrogen-bond donors (Lipinski definition) is 2. The zero-order chi connectivity index (χ0) is 16.1. The minimum absolute atomic E-state index is 0.144. The maximum absolute atomic E-state index is 11.3. The van der Waals surface area contributed by atoms with Crippen molar-refractivity contribution in [1.29, 1.82) is 0 Å². The first-order valence-electron chi connectivity index (χ1n) is 8.17. The fourth-order valence-corrected chi connectivity index (χ4v) is 5.73. The van der Waals surface area contributed by atoms with Crippen molar-refractivity contribution in [2.24, 2.45) is 22.7 Å². The van der Waals surface area contributed by atoms with Gasteiger partial charge >= 0.3 is 11.9 Å². The van der Waals surface area contributed by atoms with E-state index in [1.165, 1.54) is 0 Å². The number of hydrogen-bond acceptors (Lipinski definition) is 2. The maximum atomic E-state index is 11.3. The molecule has 3 aliphatic carbocycles. The van der Waals surface area contributed by atoms with Gasteiger partial charge in [0.05, 0.1) is 0 Å². The third-order valence-corrected chi connectivity index (χ3v) is 6.49. The van der Waals surface area contributed by atoms with Crippen LogP contribution in [0.25, 0.3) is 0 Å². The molecule has 4 nitrogen and oxygen atoms in total. The summed E-state index contributed by atoms with van der Waals surface area (Å²) in [6.45, 7) is 3.33. The van der Waals surface area contributed by atoms with Crippen molar-refractivity contribution >= 4 is 11.9 Å². The maximum Gasteiger partial charge on any atom is 0.330 e. The quantitative estimate of drug-likeness (QED) is 0.778. The fraction of sp³-hybridized carbons (Fsp3) is 0.667. The number of fused-ring (bicyclic) bond motifs is 5. The second-order valence-electron chi connectivity index (χ2n) is 7.46. The molecule has 0 heterocycles. The zero-order valence-electron chi connectivity index (χ0n) is 13.3. The third kappa shape index (κ3) is 1.96. The molecule has 4 heteroatoms. The van der Waals surface area contributed by atoms with Gasteiger partial charge in [-0.3, -0.25) is 0 Å². The molecule has 3 saturated carbocycles. The summed E-state index contributed by atoms with van der Waals surface area (Å²) in [7, 11) is 0. The van der Waals surface area contributed by atoms with Crippen LogP contribution in [0.4, 0.5) is 0 Å². The normalized spacial score (nSPS) is 40.8. The van der Waals surface area contributed by atoms with Crippen LogP contribution in [0, 0.1) is 22.7 Å². The lowest BCUT2D eigenvalue weighted by Crippen LogP contribution is -2.39. The van der Waals surface area contributed by atoms with Crippen LogP contribution in [-0.2, 0) is 9.59 Å². The number of carbonyl (C=O) groups is 2. The second-order valence-corrected chi connectivity index (χ2v) is 7.46. The number of allylic oxidation sites excluding steroid dienone is 2. The van der Waals surface area contributed by atoms with E-state index in [1.54, 1.807) is 13.8 Å². The Kier molecular flexibility index (Phi) is 3.46. The van der Waals surface area contributed by atoms with Gasteiger partial charge < -0.3 is 10.2 Å². The molecule has 22 heavy (non-hydrogen) atoms. The van der Waals surface area contributed by atoms with E-state index in [1.807, 2.05) is 12.2 Å². The smallest absolute Gasteiger partial charge is 0.330 e. The minimum Gasteiger partial charge on any atom is -0.478 e. The van der Waals surface area contributed by atoms with E-state index in [0.29, 0.717) is 23.0 Å². The Balaban J connectivity index is 2.11. The summed E-state index contributed by atoms with van der Waals surface area (Å²) in [5.41, 5.74) is 0.502. The van der Waals surface area contributed by atoms with E-state index in [4.69, 9.17) is 0 Å². The van der Waals surface area contributed by atoms with Crippen LogP contribution in [0.2, 0.25) is 0 Å². The van der Waals surface area contributed by atoms with Crippen molar-refractivity contribution in [2.75, 3.05) is 0 Å². The summed E-state index contributed by atoms with van der Waals surface area (Å²) < 4.78 is 0. The number of carboxylic acid groups (broad SMARTS) is 2. The van der Waals surface area contributed by atoms with Gasteiger partial charge in [0, 0.05) is 16.6 Å². The predicted molar refractivity (Wildman–Crippen MR) is 82.3 cm³/mol. The average molecular weight is 304 g/mol. The monoisotopic (exact) mass is 304 g/mol. The molecular weight excluding hydrogens is 280 g/mol. The standard InChI is InChI=1S/C18H24O4/c1-11(15(19)20)8-17-7-5-13(10-17)14-4-3-6-18(14,17)9-12(2)16(21)22/h8-9,13-14H,3-7,10H2,1-2H3,(H,19,20)(H,21,22). The van der Waals surface area contributed by atoms with Crippen LogP contribution in [0.1, 0.15) is 52.4 Å². The van der Waals surface area contributed by atoms with Gasteiger partial charge in [0.1, 0.15) is 0 Å². The van der Waals surface area contributed by atoms with Crippen molar-refractivity contribution in [3.05, 3.63) is 23.3 Å². The average Bonchev–Trinajstić information content (AvgIpc) is 3.08. The van der Waals surface area contributed by atoms with Crippen LogP contribution < -0.4 is 0 Å². The molecule has 4 unspecified atom stereocenters. The molecule has 0 spiro atoms. The third-order valence-electron chi connectivity index (χ3n) is 6.49. The largest absolute Gasteiger partial charge is 0.478 e. The van der Waals surface area contributed by atoms with Crippen molar-refractivity contribution in [3.63, 3.8) is 0 Å². The van der Waals surface area contributed by atoms with Crippen molar-refractivity contribution in [1.82, 2.24) is 0 Å². The number of rotatable bonds is 4. The van der Waals surface area contributed by atoms with Crippen LogP contribution in [-0.4, -0.2) is 22.2 Å². The first-order chi connectivity index (χ1) is 10.3. The number of aliphatic carboxylic acids is 2. The van der Waals surface area contributed by atoms with Gasteiger partial charge in [0.15, 0.2) is 0 Å². The zero-order valence-corrected chi connectivity index (χ0v) is 13.3. The summed E-state index contributed by atoms with van der Waals surface area (Å²) in [5, 5.41) is 18.6. The molecule has 0 aromatic rings. The molecule has 3 fully saturated rings. The number of carboxylic acids is 2. The summed E-state index contributed by atoms with van der Waals surface area (Å²) in [4.78, 5) is 22.6. The Labute approximate surface area is 130 Å². The Hall–Kier alpha value is -1.58. The molecule has 2 N–H and O–H groups in total. The highest BCUT2D eigenvalue weighted by Crippen LogP contribution is 2.74. The SMILES string of the molecule is CC(=CC12CCC(C1)C1CCCC12C=C(C)C(=O)O)C(=O)O. The van der Waals surface area contributed by atoms with Crippen LogP contribution in [0.3, 0.4) is 0 Å². The molecule has 0 amide bonds. The van der Waals surface area contributed by atoms with Crippen molar-refractivity contribution in [3.8, 4) is 0 Å². The van der Waals surface area contributed by atoms with E-state index in [0.717, 1.165) is 38.5 Å². The van der Waals surface area contributed by atoms with Crippen LogP contribution in [0.5, 0.6) is 0 Å². The van der Waals surface area contributed by atoms with Gasteiger partial charge in [-0.25, -0.2) is 9.59 Å². The molecular formula is C18H24O4. The van der Waals surface area contributed by atoms with Gasteiger partial charge in [0.25, 0.3) is 0 Å². The Bertz CT molecular complexity index is 588. The van der Waals surface area contributed by atoms with Gasteiger partial charge in [0.2, 0.25) is 0 Å². The molecule has 0 aliphatic heterocycles. The molecule has 0 aromatic heterocycles. The molecule has 0 aromatic carbocycles. The van der Waals surface area contributed by atoms with Crippen LogP contribution in [0.15, 0.2) is 23.3 Å². The highest BCUT2D eigenvalue weighted by atomic mass is 16.4. The lowest BCUT2D eigenvalue weighted by atomic mass is 9.58. The summed E-state index contributed by atoms with van der Waals surface area (Å²) in [6.07, 6.45) is 10.4. The van der Waals surface area contributed by atoms with E-state index >= 15 is 0 Å². The van der Waals surface area contributed by atoms with E-state index in [2.05, 4.69) is 0 Å². The van der Waals surface area contributed by atoms with E-state index in [-0.39, 0.29) is 10.8 Å². The first-order valence-corrected chi connectivity index (χ1v) is 8.17. The van der Waals surface area contributed by atoms with Gasteiger partial charge in [-0.05, 0) is 63.2 Å². The Morgan fingerprint density at radius 2 is 1.64 bits per heavy atom. The highest BCUT2D eigenvalue weighted by molar-refractivity contribution is 5.87. The first kappa shape index (κ1) is 15.3. The Morgan fingerprint density at radius 1 is 1.00 bits per heavy atom. The summed E-state index contributed by atoms with van der Waals surface area (Å²) in [5.74, 6) is -0.586.